The van der Waals surface area contributed by atoms with E-state index in [-0.39, 0.29) is 5.56 Å². The first kappa shape index (κ1) is 7.46. The molecule has 0 spiro atoms. The normalized spacial score (nSPS) is 9.18. The van der Waals surface area contributed by atoms with Gasteiger partial charge >= 0.3 is 5.97 Å². The van der Waals surface area contributed by atoms with E-state index < -0.39 is 11.5 Å². The number of carbonyl (C=O) groups is 1. The van der Waals surface area contributed by atoms with Gasteiger partial charge in [-0.1, -0.05) is 0 Å². The molecule has 0 saturated carbocycles. The van der Waals surface area contributed by atoms with E-state index >= 15 is 0 Å². The third-order valence-corrected chi connectivity index (χ3v) is 1.09. The molecular weight excluding hydrogens is 148 g/mol. The molecule has 5 nitrogen and oxygen atoms in total. The van der Waals surface area contributed by atoms with E-state index in [1.165, 1.54) is 13.3 Å². The Morgan fingerprint density at radius 1 is 1.73 bits per heavy atom. The number of rotatable bonds is 1. The largest absolute Gasteiger partial charge is 0.465 e. The molecule has 0 fully saturated rings. The molecule has 1 N–H and O–H groups in total. The van der Waals surface area contributed by atoms with Gasteiger partial charge in [0.1, 0.15) is 0 Å². The second kappa shape index (κ2) is 2.96. The first-order valence-electron chi connectivity index (χ1n) is 2.87. The minimum Gasteiger partial charge on any atom is -0.465 e. The molecule has 0 saturated heterocycles. The van der Waals surface area contributed by atoms with E-state index in [1.54, 1.807) is 0 Å². The van der Waals surface area contributed by atoms with Gasteiger partial charge in [0.05, 0.1) is 18.9 Å². The fourth-order valence-corrected chi connectivity index (χ4v) is 0.606. The summed E-state index contributed by atoms with van der Waals surface area (Å²) >= 11 is 0. The summed E-state index contributed by atoms with van der Waals surface area (Å²) in [6, 6.07) is 1.12. The highest BCUT2D eigenvalue weighted by atomic mass is 16.5. The number of H-pyrrole nitrogens is 1. The Bertz CT molecular complexity index is 318. The molecule has 0 aliphatic heterocycles. The molecule has 0 aromatic carbocycles. The minimum absolute atomic E-state index is 0.149. The quantitative estimate of drug-likeness (QED) is 0.556. The van der Waals surface area contributed by atoms with Crippen LogP contribution in [-0.2, 0) is 4.74 Å². The molecule has 58 valence electrons. The lowest BCUT2D eigenvalue weighted by atomic mass is 10.3. The number of nitrogens with zero attached hydrogens (tertiary/aromatic N) is 1. The van der Waals surface area contributed by atoms with Gasteiger partial charge in [0.2, 0.25) is 0 Å². The van der Waals surface area contributed by atoms with E-state index in [9.17, 15) is 9.59 Å². The van der Waals surface area contributed by atoms with Crippen LogP contribution in [0.2, 0.25) is 0 Å². The predicted octanol–water partition coefficient (Wildman–Crippen LogP) is -0.444. The predicted molar refractivity (Wildman–Crippen MR) is 36.2 cm³/mol. The maximum Gasteiger partial charge on any atom is 0.339 e. The molecule has 0 bridgehead atoms. The molecule has 5 heteroatoms. The van der Waals surface area contributed by atoms with Gasteiger partial charge in [-0.25, -0.2) is 9.89 Å². The summed E-state index contributed by atoms with van der Waals surface area (Å²) in [5, 5.41) is 5.55. The Balaban J connectivity index is 3.05. The summed E-state index contributed by atoms with van der Waals surface area (Å²) in [5.74, 6) is -0.566. The van der Waals surface area contributed by atoms with E-state index in [1.807, 2.05) is 0 Å². The summed E-state index contributed by atoms with van der Waals surface area (Å²) < 4.78 is 4.36. The molecule has 0 amide bonds. The van der Waals surface area contributed by atoms with E-state index in [0.29, 0.717) is 0 Å². The van der Waals surface area contributed by atoms with Crippen LogP contribution in [0.3, 0.4) is 0 Å². The van der Waals surface area contributed by atoms with Crippen molar-refractivity contribution in [3.05, 3.63) is 28.2 Å². The van der Waals surface area contributed by atoms with Crippen LogP contribution in [0.15, 0.2) is 17.1 Å². The number of nitrogens with one attached hydrogen (secondary N) is 1. The molecule has 11 heavy (non-hydrogen) atoms. The summed E-state index contributed by atoms with van der Waals surface area (Å²) in [6.07, 6.45) is 1.23. The van der Waals surface area contributed by atoms with Gasteiger partial charge in [0.15, 0.2) is 0 Å². The van der Waals surface area contributed by atoms with Gasteiger partial charge in [0.25, 0.3) is 5.56 Å². The van der Waals surface area contributed by atoms with Crippen LogP contribution in [0.5, 0.6) is 0 Å². The zero-order valence-electron chi connectivity index (χ0n) is 5.83. The van der Waals surface area contributed by atoms with E-state index in [2.05, 4.69) is 14.9 Å². The van der Waals surface area contributed by atoms with Crippen molar-refractivity contribution >= 4 is 5.97 Å². The monoisotopic (exact) mass is 154 g/mol. The Hall–Kier alpha value is -1.65. The van der Waals surface area contributed by atoms with Crippen molar-refractivity contribution in [1.29, 1.82) is 0 Å². The Kier molecular flexibility index (Phi) is 2.00. The highest BCUT2D eigenvalue weighted by molar-refractivity contribution is 5.88. The zero-order chi connectivity index (χ0) is 8.27. The van der Waals surface area contributed by atoms with Crippen LogP contribution in [0.1, 0.15) is 10.4 Å². The van der Waals surface area contributed by atoms with Crippen LogP contribution in [0.4, 0.5) is 0 Å². The number of ether oxygens (including phenoxy) is 1. The molecule has 1 aromatic heterocycles. The average Bonchev–Trinajstić information content (AvgIpc) is 2.03. The second-order valence-electron chi connectivity index (χ2n) is 1.83. The minimum atomic E-state index is -0.566. The fraction of sp³-hybridized carbons (Fsp3) is 0.167. The summed E-state index contributed by atoms with van der Waals surface area (Å²) in [7, 11) is 1.24. The lowest BCUT2D eigenvalue weighted by molar-refractivity contribution is 0.0600. The number of carbonyl (C=O) groups excluding carboxylic acids is 1. The van der Waals surface area contributed by atoms with Gasteiger partial charge in [-0.05, 0) is 0 Å². The topological polar surface area (TPSA) is 72.0 Å². The van der Waals surface area contributed by atoms with Crippen molar-refractivity contribution in [2.24, 2.45) is 0 Å². The Labute approximate surface area is 62.0 Å². The highest BCUT2D eigenvalue weighted by Gasteiger charge is 2.04. The molecule has 0 aliphatic carbocycles. The summed E-state index contributed by atoms with van der Waals surface area (Å²) in [4.78, 5) is 21.3. The van der Waals surface area contributed by atoms with Crippen molar-refractivity contribution in [3.8, 4) is 0 Å². The molecule has 1 rings (SSSR count). The van der Waals surface area contributed by atoms with Crippen LogP contribution in [-0.4, -0.2) is 23.3 Å². The first-order chi connectivity index (χ1) is 5.24. The number of aromatic nitrogens is 2. The standard InChI is InChI=1S/C6H6N2O3/c1-11-6(10)4-2-5(9)8-7-3-4/h2-3H,1H3,(H,8,9). The molecule has 1 heterocycles. The molecular formula is C6H6N2O3. The maximum atomic E-state index is 10.8. The number of methoxy groups -OCH3 is 1. The lowest BCUT2D eigenvalue weighted by Gasteiger charge is -1.94. The maximum absolute atomic E-state index is 10.8. The average molecular weight is 154 g/mol. The molecule has 0 atom stereocenters. The first-order valence-corrected chi connectivity index (χ1v) is 2.87. The third kappa shape index (κ3) is 1.64. The van der Waals surface area contributed by atoms with Gasteiger partial charge < -0.3 is 4.74 Å². The van der Waals surface area contributed by atoms with Gasteiger partial charge in [-0.15, -0.1) is 0 Å². The molecule has 1 aromatic rings. The molecule has 0 radical (unpaired) electrons. The number of esters is 1. The molecule has 0 aliphatic rings. The third-order valence-electron chi connectivity index (χ3n) is 1.09. The number of hydrogen-bond donors (Lipinski definition) is 1. The number of hydrogen-bond acceptors (Lipinski definition) is 4. The van der Waals surface area contributed by atoms with Gasteiger partial charge in [-0.3, -0.25) is 4.79 Å². The van der Waals surface area contributed by atoms with Crippen molar-refractivity contribution in [1.82, 2.24) is 10.2 Å². The van der Waals surface area contributed by atoms with Crippen LogP contribution >= 0.6 is 0 Å². The van der Waals surface area contributed by atoms with E-state index in [0.717, 1.165) is 6.07 Å². The van der Waals surface area contributed by atoms with Crippen molar-refractivity contribution in [3.63, 3.8) is 0 Å². The zero-order valence-corrected chi connectivity index (χ0v) is 5.83. The lowest BCUT2D eigenvalue weighted by Crippen LogP contribution is -2.11. The van der Waals surface area contributed by atoms with Crippen molar-refractivity contribution in [2.45, 2.75) is 0 Å². The smallest absolute Gasteiger partial charge is 0.339 e. The highest BCUT2D eigenvalue weighted by Crippen LogP contribution is 1.92. The Morgan fingerprint density at radius 3 is 3.00 bits per heavy atom. The van der Waals surface area contributed by atoms with E-state index in [4.69, 9.17) is 0 Å². The van der Waals surface area contributed by atoms with Gasteiger partial charge in [0, 0.05) is 6.07 Å². The SMILES string of the molecule is COC(=O)c1cn[nH]c(=O)c1. The van der Waals surface area contributed by atoms with Crippen LogP contribution in [0.25, 0.3) is 0 Å². The van der Waals surface area contributed by atoms with Crippen molar-refractivity contribution in [2.75, 3.05) is 7.11 Å². The van der Waals surface area contributed by atoms with Gasteiger partial charge in [-0.2, -0.15) is 5.10 Å². The van der Waals surface area contributed by atoms with Crippen LogP contribution < -0.4 is 5.56 Å². The summed E-state index contributed by atoms with van der Waals surface area (Å²) in [5.41, 5.74) is -0.274. The van der Waals surface area contributed by atoms with Crippen molar-refractivity contribution < 1.29 is 9.53 Å². The number of aromatic amines is 1. The second-order valence-corrected chi connectivity index (χ2v) is 1.83. The van der Waals surface area contributed by atoms with Crippen LogP contribution in [0, 0.1) is 0 Å². The Morgan fingerprint density at radius 2 is 2.45 bits per heavy atom. The fourth-order valence-electron chi connectivity index (χ4n) is 0.606. The summed E-state index contributed by atoms with van der Waals surface area (Å²) in [6.45, 7) is 0. The molecule has 0 unspecified atom stereocenters.